The fourth-order valence-corrected chi connectivity index (χ4v) is 4.31. The van der Waals surface area contributed by atoms with Crippen LogP contribution in [-0.2, 0) is 6.61 Å². The quantitative estimate of drug-likeness (QED) is 0.787. The molecule has 0 unspecified atom stereocenters. The van der Waals surface area contributed by atoms with E-state index in [4.69, 9.17) is 16.3 Å². The summed E-state index contributed by atoms with van der Waals surface area (Å²) in [5, 5.41) is 4.16. The smallest absolute Gasteiger partial charge is 0.253 e. The lowest BCUT2D eigenvalue weighted by Crippen LogP contribution is -2.44. The summed E-state index contributed by atoms with van der Waals surface area (Å²) in [4.78, 5) is 14.9. The summed E-state index contributed by atoms with van der Waals surface area (Å²) in [6.45, 7) is 4.32. The zero-order valence-corrected chi connectivity index (χ0v) is 17.4. The molecule has 0 saturated carbocycles. The van der Waals surface area contributed by atoms with Crippen LogP contribution >= 0.6 is 24.0 Å². The van der Waals surface area contributed by atoms with Gasteiger partial charge in [-0.25, -0.2) is 0 Å². The van der Waals surface area contributed by atoms with Gasteiger partial charge >= 0.3 is 0 Å². The second-order valence-electron chi connectivity index (χ2n) is 7.67. The number of hydrogen-bond donors (Lipinski definition) is 1. The highest BCUT2D eigenvalue weighted by Gasteiger charge is 2.38. The van der Waals surface area contributed by atoms with Gasteiger partial charge in [-0.3, -0.25) is 4.79 Å². The molecule has 2 saturated heterocycles. The maximum absolute atomic E-state index is 12.9. The second-order valence-corrected chi connectivity index (χ2v) is 8.10. The standard InChI is InChI=1S/C22H25ClN2O2.ClH/c23-19-5-1-3-17(13-19)15-27-20-6-2-4-18(14-20)21(26)25-11-8-22(9-12-25)7-10-24-16-22;/h1-6,13-14,24H,7-12,15-16H2;1H. The van der Waals surface area contributed by atoms with Crippen molar-refractivity contribution in [2.75, 3.05) is 26.2 Å². The minimum atomic E-state index is 0. The van der Waals surface area contributed by atoms with Crippen molar-refractivity contribution in [3.63, 3.8) is 0 Å². The predicted molar refractivity (Wildman–Crippen MR) is 115 cm³/mol. The SMILES string of the molecule is Cl.O=C(c1cccc(OCc2cccc(Cl)c2)c1)N1CCC2(CCNC2)CC1. The van der Waals surface area contributed by atoms with Crippen molar-refractivity contribution in [2.45, 2.75) is 25.9 Å². The fraction of sp³-hybridized carbons (Fsp3) is 0.409. The van der Waals surface area contributed by atoms with E-state index in [1.807, 2.05) is 53.4 Å². The summed E-state index contributed by atoms with van der Waals surface area (Å²) in [6, 6.07) is 15.1. The molecule has 2 fully saturated rings. The van der Waals surface area contributed by atoms with Gasteiger partial charge in [0.2, 0.25) is 0 Å². The fourth-order valence-electron chi connectivity index (χ4n) is 4.10. The minimum Gasteiger partial charge on any atom is -0.489 e. The molecule has 0 bridgehead atoms. The third kappa shape index (κ3) is 4.80. The van der Waals surface area contributed by atoms with Crippen LogP contribution in [0.25, 0.3) is 0 Å². The van der Waals surface area contributed by atoms with Gasteiger partial charge in [0.05, 0.1) is 0 Å². The van der Waals surface area contributed by atoms with Crippen molar-refractivity contribution in [1.29, 1.82) is 0 Å². The van der Waals surface area contributed by atoms with Crippen molar-refractivity contribution in [3.8, 4) is 5.75 Å². The van der Waals surface area contributed by atoms with E-state index >= 15 is 0 Å². The van der Waals surface area contributed by atoms with Crippen LogP contribution in [0.5, 0.6) is 5.75 Å². The Kier molecular flexibility index (Phi) is 6.86. The number of amides is 1. The number of hydrogen-bond acceptors (Lipinski definition) is 3. The molecule has 1 amide bonds. The Morgan fingerprint density at radius 3 is 2.61 bits per heavy atom. The first-order valence-electron chi connectivity index (χ1n) is 9.61. The van der Waals surface area contributed by atoms with Crippen LogP contribution in [0.3, 0.4) is 0 Å². The molecule has 28 heavy (non-hydrogen) atoms. The van der Waals surface area contributed by atoms with Crippen LogP contribution in [0.4, 0.5) is 0 Å². The lowest BCUT2D eigenvalue weighted by molar-refractivity contribution is 0.0607. The highest BCUT2D eigenvalue weighted by Crippen LogP contribution is 2.37. The molecule has 2 aliphatic rings. The minimum absolute atomic E-state index is 0. The predicted octanol–water partition coefficient (Wildman–Crippen LogP) is 4.56. The van der Waals surface area contributed by atoms with Crippen molar-refractivity contribution in [2.24, 2.45) is 5.41 Å². The van der Waals surface area contributed by atoms with Crippen LogP contribution in [0, 0.1) is 5.41 Å². The Balaban J connectivity index is 0.00000225. The molecule has 2 heterocycles. The monoisotopic (exact) mass is 420 g/mol. The first kappa shape index (κ1) is 21.0. The van der Waals surface area contributed by atoms with E-state index in [9.17, 15) is 4.79 Å². The Labute approximate surface area is 177 Å². The second kappa shape index (κ2) is 9.17. The van der Waals surface area contributed by atoms with Crippen molar-refractivity contribution in [3.05, 3.63) is 64.7 Å². The number of nitrogens with one attached hydrogen (secondary N) is 1. The van der Waals surface area contributed by atoms with Gasteiger partial charge in [-0.15, -0.1) is 12.4 Å². The van der Waals surface area contributed by atoms with Crippen molar-refractivity contribution in [1.82, 2.24) is 10.2 Å². The molecular formula is C22H26Cl2N2O2. The average Bonchev–Trinajstić information content (AvgIpc) is 3.15. The summed E-state index contributed by atoms with van der Waals surface area (Å²) < 4.78 is 5.86. The van der Waals surface area contributed by atoms with Crippen LogP contribution in [0.1, 0.15) is 35.2 Å². The molecule has 2 aromatic rings. The Morgan fingerprint density at radius 1 is 1.11 bits per heavy atom. The number of carbonyl (C=O) groups excluding carboxylic acids is 1. The third-order valence-electron chi connectivity index (χ3n) is 5.82. The summed E-state index contributed by atoms with van der Waals surface area (Å²) in [7, 11) is 0. The van der Waals surface area contributed by atoms with Gasteiger partial charge in [0.15, 0.2) is 0 Å². The van der Waals surface area contributed by atoms with Gasteiger partial charge in [-0.2, -0.15) is 0 Å². The summed E-state index contributed by atoms with van der Waals surface area (Å²) in [5.41, 5.74) is 2.11. The maximum Gasteiger partial charge on any atom is 0.253 e. The molecule has 2 aliphatic heterocycles. The molecule has 150 valence electrons. The highest BCUT2D eigenvalue weighted by molar-refractivity contribution is 6.30. The van der Waals surface area contributed by atoms with E-state index in [-0.39, 0.29) is 18.3 Å². The molecule has 4 nitrogen and oxygen atoms in total. The zero-order valence-electron chi connectivity index (χ0n) is 15.8. The van der Waals surface area contributed by atoms with Crippen LogP contribution in [0.2, 0.25) is 5.02 Å². The van der Waals surface area contributed by atoms with E-state index < -0.39 is 0 Å². The summed E-state index contributed by atoms with van der Waals surface area (Å²) >= 11 is 6.01. The van der Waals surface area contributed by atoms with Gasteiger partial charge in [-0.05, 0) is 67.1 Å². The van der Waals surface area contributed by atoms with Crippen molar-refractivity contribution >= 4 is 29.9 Å². The molecular weight excluding hydrogens is 395 g/mol. The van der Waals surface area contributed by atoms with Gasteiger partial charge in [0.1, 0.15) is 12.4 Å². The largest absolute Gasteiger partial charge is 0.489 e. The van der Waals surface area contributed by atoms with E-state index in [0.29, 0.717) is 28.4 Å². The number of nitrogens with zero attached hydrogens (tertiary/aromatic N) is 1. The number of carbonyl (C=O) groups is 1. The first-order chi connectivity index (χ1) is 13.1. The van der Waals surface area contributed by atoms with Crippen LogP contribution in [-0.4, -0.2) is 37.0 Å². The molecule has 2 aromatic carbocycles. The Hall–Kier alpha value is -1.75. The normalized spacial score (nSPS) is 18.0. The van der Waals surface area contributed by atoms with E-state index in [2.05, 4.69) is 5.32 Å². The van der Waals surface area contributed by atoms with Gasteiger partial charge in [-0.1, -0.05) is 29.8 Å². The molecule has 0 aromatic heterocycles. The summed E-state index contributed by atoms with van der Waals surface area (Å²) in [5.74, 6) is 0.804. The lowest BCUT2D eigenvalue weighted by Gasteiger charge is -2.38. The van der Waals surface area contributed by atoms with Gasteiger partial charge in [0, 0.05) is 30.2 Å². The molecule has 0 radical (unpaired) electrons. The third-order valence-corrected chi connectivity index (χ3v) is 6.05. The number of piperidine rings is 1. The number of halogens is 2. The van der Waals surface area contributed by atoms with E-state index in [1.54, 1.807) is 0 Å². The summed E-state index contributed by atoms with van der Waals surface area (Å²) in [6.07, 6.45) is 3.43. The number of ether oxygens (including phenoxy) is 1. The van der Waals surface area contributed by atoms with E-state index in [1.165, 1.54) is 6.42 Å². The number of benzene rings is 2. The highest BCUT2D eigenvalue weighted by atomic mass is 35.5. The van der Waals surface area contributed by atoms with Crippen LogP contribution in [0.15, 0.2) is 48.5 Å². The number of rotatable bonds is 4. The Bertz CT molecular complexity index is 812. The topological polar surface area (TPSA) is 41.6 Å². The zero-order chi connectivity index (χ0) is 18.7. The van der Waals surface area contributed by atoms with Crippen molar-refractivity contribution < 1.29 is 9.53 Å². The molecule has 0 atom stereocenters. The van der Waals surface area contributed by atoms with Gasteiger partial charge in [0.25, 0.3) is 5.91 Å². The van der Waals surface area contributed by atoms with E-state index in [0.717, 1.165) is 44.6 Å². The lowest BCUT2D eigenvalue weighted by atomic mass is 9.78. The van der Waals surface area contributed by atoms with Crippen LogP contribution < -0.4 is 10.1 Å². The number of likely N-dealkylation sites (tertiary alicyclic amines) is 1. The molecule has 0 aliphatic carbocycles. The molecule has 1 spiro atoms. The van der Waals surface area contributed by atoms with Gasteiger partial charge < -0.3 is 15.0 Å². The molecule has 6 heteroatoms. The average molecular weight is 421 g/mol. The first-order valence-corrected chi connectivity index (χ1v) is 9.99. The molecule has 1 N–H and O–H groups in total. The maximum atomic E-state index is 12.9. The molecule has 4 rings (SSSR count). The Morgan fingerprint density at radius 2 is 1.89 bits per heavy atom.